The average Bonchev–Trinajstić information content (AvgIpc) is 2.08. The number of rotatable bonds is 0. The van der Waals surface area contributed by atoms with Crippen LogP contribution >= 0.6 is 0 Å². The molecule has 1 aliphatic rings. The van der Waals surface area contributed by atoms with Crippen LogP contribution < -0.4 is 0 Å². The molecule has 0 atom stereocenters. The average molecular weight is 196 g/mol. The molecule has 0 heteroatoms. The quantitative estimate of drug-likeness (QED) is 0.501. The molecule has 0 aromatic carbocycles. The monoisotopic (exact) mass is 196 g/mol. The molecule has 0 saturated heterocycles. The van der Waals surface area contributed by atoms with Crippen LogP contribution in [0.25, 0.3) is 0 Å². The third-order valence-electron chi connectivity index (χ3n) is 4.69. The van der Waals surface area contributed by atoms with E-state index in [0.29, 0.717) is 10.8 Å². The van der Waals surface area contributed by atoms with Gasteiger partial charge in [0.15, 0.2) is 0 Å². The molecule has 1 fully saturated rings. The summed E-state index contributed by atoms with van der Waals surface area (Å²) in [6.07, 6.45) is 11.6. The fourth-order valence-corrected chi connectivity index (χ4v) is 2.52. The predicted octanol–water partition coefficient (Wildman–Crippen LogP) is 5.17. The third kappa shape index (κ3) is 3.00. The lowest BCUT2D eigenvalue weighted by atomic mass is 9.63. The van der Waals surface area contributed by atoms with Crippen molar-refractivity contribution in [1.82, 2.24) is 0 Å². The van der Waals surface area contributed by atoms with Gasteiger partial charge < -0.3 is 0 Å². The summed E-state index contributed by atoms with van der Waals surface area (Å²) in [7, 11) is 0. The van der Waals surface area contributed by atoms with Crippen LogP contribution in [0.1, 0.15) is 79.1 Å². The third-order valence-corrected chi connectivity index (χ3v) is 4.69. The van der Waals surface area contributed by atoms with Crippen LogP contribution in [-0.4, -0.2) is 0 Å². The molecule has 0 spiro atoms. The number of hydrogen-bond donors (Lipinski definition) is 0. The van der Waals surface area contributed by atoms with Crippen LogP contribution in [0, 0.1) is 10.8 Å². The van der Waals surface area contributed by atoms with E-state index in [1.54, 1.807) is 0 Å². The van der Waals surface area contributed by atoms with Gasteiger partial charge in [-0.15, -0.1) is 0 Å². The Hall–Kier alpha value is 0. The summed E-state index contributed by atoms with van der Waals surface area (Å²) in [5.74, 6) is 0. The van der Waals surface area contributed by atoms with Gasteiger partial charge in [-0.25, -0.2) is 0 Å². The van der Waals surface area contributed by atoms with Gasteiger partial charge in [-0.2, -0.15) is 0 Å². The van der Waals surface area contributed by atoms with Crippen LogP contribution in [0.3, 0.4) is 0 Å². The highest BCUT2D eigenvalue weighted by Gasteiger charge is 2.35. The Morgan fingerprint density at radius 3 is 1.14 bits per heavy atom. The van der Waals surface area contributed by atoms with Crippen molar-refractivity contribution < 1.29 is 0 Å². The van der Waals surface area contributed by atoms with E-state index in [1.165, 1.54) is 51.4 Å². The topological polar surface area (TPSA) is 0 Å². The lowest BCUT2D eigenvalue weighted by molar-refractivity contribution is 0.0789. The Kier molecular flexibility index (Phi) is 4.04. The van der Waals surface area contributed by atoms with Crippen molar-refractivity contribution in [2.24, 2.45) is 10.8 Å². The van der Waals surface area contributed by atoms with E-state index in [-0.39, 0.29) is 0 Å². The van der Waals surface area contributed by atoms with Crippen molar-refractivity contribution in [1.29, 1.82) is 0 Å². The summed E-state index contributed by atoms with van der Waals surface area (Å²) in [5.41, 5.74) is 1.06. The summed E-state index contributed by atoms with van der Waals surface area (Å²) in [6.45, 7) is 9.87. The van der Waals surface area contributed by atoms with Crippen LogP contribution in [0.5, 0.6) is 0 Å². The molecule has 0 amide bonds. The zero-order chi connectivity index (χ0) is 10.7. The minimum absolute atomic E-state index is 0.532. The molecule has 1 aliphatic carbocycles. The van der Waals surface area contributed by atoms with Gasteiger partial charge >= 0.3 is 0 Å². The van der Waals surface area contributed by atoms with Crippen molar-refractivity contribution in [3.05, 3.63) is 0 Å². The van der Waals surface area contributed by atoms with E-state index >= 15 is 0 Å². The molecule has 0 unspecified atom stereocenters. The molecular formula is C14H28. The standard InChI is InChI=1S/C14H28/c1-13(2)11-9-7-5-6-8-10-12-14(13,3)4/h5-12H2,1-4H3. The van der Waals surface area contributed by atoms with Crippen LogP contribution in [0.2, 0.25) is 0 Å². The van der Waals surface area contributed by atoms with Crippen LogP contribution in [-0.2, 0) is 0 Å². The second kappa shape index (κ2) is 4.68. The largest absolute Gasteiger partial charge is 0.0594 e. The van der Waals surface area contributed by atoms with Gasteiger partial charge in [-0.05, 0) is 23.7 Å². The van der Waals surface area contributed by atoms with Gasteiger partial charge in [-0.3, -0.25) is 0 Å². The Labute approximate surface area is 90.5 Å². The minimum Gasteiger partial charge on any atom is -0.0594 e. The molecule has 0 nitrogen and oxygen atoms in total. The molecule has 1 rings (SSSR count). The lowest BCUT2D eigenvalue weighted by Crippen LogP contribution is -2.32. The second-order valence-electron chi connectivity index (χ2n) is 6.39. The minimum atomic E-state index is 0.532. The van der Waals surface area contributed by atoms with Gasteiger partial charge in [0.05, 0.1) is 0 Å². The molecule has 14 heavy (non-hydrogen) atoms. The first-order valence-electron chi connectivity index (χ1n) is 6.46. The van der Waals surface area contributed by atoms with Gasteiger partial charge in [-0.1, -0.05) is 66.2 Å². The fraction of sp³-hybridized carbons (Fsp3) is 1.00. The maximum Gasteiger partial charge on any atom is -0.0303 e. The molecular weight excluding hydrogens is 168 g/mol. The van der Waals surface area contributed by atoms with Gasteiger partial charge in [0.25, 0.3) is 0 Å². The molecule has 0 aromatic rings. The highest BCUT2D eigenvalue weighted by Crippen LogP contribution is 2.46. The van der Waals surface area contributed by atoms with Gasteiger partial charge in [0, 0.05) is 0 Å². The van der Waals surface area contributed by atoms with E-state index in [1.807, 2.05) is 0 Å². The van der Waals surface area contributed by atoms with E-state index in [2.05, 4.69) is 27.7 Å². The van der Waals surface area contributed by atoms with Crippen molar-refractivity contribution >= 4 is 0 Å². The van der Waals surface area contributed by atoms with E-state index in [9.17, 15) is 0 Å². The SMILES string of the molecule is CC1(C)CCCCCCCCC1(C)C. The van der Waals surface area contributed by atoms with Crippen molar-refractivity contribution in [2.45, 2.75) is 79.1 Å². The normalized spacial score (nSPS) is 28.3. The van der Waals surface area contributed by atoms with Crippen molar-refractivity contribution in [2.75, 3.05) is 0 Å². The summed E-state index contributed by atoms with van der Waals surface area (Å²) >= 11 is 0. The van der Waals surface area contributed by atoms with Crippen molar-refractivity contribution in [3.63, 3.8) is 0 Å². The first-order valence-corrected chi connectivity index (χ1v) is 6.46. The molecule has 0 N–H and O–H groups in total. The molecule has 0 bridgehead atoms. The predicted molar refractivity (Wildman–Crippen MR) is 64.5 cm³/mol. The first-order chi connectivity index (χ1) is 6.46. The van der Waals surface area contributed by atoms with E-state index in [4.69, 9.17) is 0 Å². The van der Waals surface area contributed by atoms with Crippen LogP contribution in [0.4, 0.5) is 0 Å². The zero-order valence-electron chi connectivity index (χ0n) is 10.7. The van der Waals surface area contributed by atoms with E-state index in [0.717, 1.165) is 0 Å². The summed E-state index contributed by atoms with van der Waals surface area (Å²) < 4.78 is 0. The van der Waals surface area contributed by atoms with Crippen molar-refractivity contribution in [3.8, 4) is 0 Å². The number of hydrogen-bond acceptors (Lipinski definition) is 0. The molecule has 1 saturated carbocycles. The van der Waals surface area contributed by atoms with Gasteiger partial charge in [0.1, 0.15) is 0 Å². The second-order valence-corrected chi connectivity index (χ2v) is 6.39. The first kappa shape index (κ1) is 12.1. The zero-order valence-corrected chi connectivity index (χ0v) is 10.7. The maximum atomic E-state index is 2.47. The molecule has 0 aliphatic heterocycles. The van der Waals surface area contributed by atoms with Crippen LogP contribution in [0.15, 0.2) is 0 Å². The summed E-state index contributed by atoms with van der Waals surface area (Å²) in [6, 6.07) is 0. The lowest BCUT2D eigenvalue weighted by Gasteiger charge is -2.43. The highest BCUT2D eigenvalue weighted by molar-refractivity contribution is 4.86. The van der Waals surface area contributed by atoms with E-state index < -0.39 is 0 Å². The van der Waals surface area contributed by atoms with Gasteiger partial charge in [0.2, 0.25) is 0 Å². The maximum absolute atomic E-state index is 2.47. The Morgan fingerprint density at radius 2 is 0.786 bits per heavy atom. The Balaban J connectivity index is 2.60. The Morgan fingerprint density at radius 1 is 0.500 bits per heavy atom. The molecule has 84 valence electrons. The summed E-state index contributed by atoms with van der Waals surface area (Å²) in [4.78, 5) is 0. The summed E-state index contributed by atoms with van der Waals surface area (Å²) in [5, 5.41) is 0. The smallest absolute Gasteiger partial charge is 0.0303 e. The highest BCUT2D eigenvalue weighted by atomic mass is 14.4. The molecule has 0 radical (unpaired) electrons. The molecule has 0 heterocycles. The fourth-order valence-electron chi connectivity index (χ4n) is 2.52. The molecule has 0 aromatic heterocycles. The Bertz CT molecular complexity index is 145.